The first-order valence-corrected chi connectivity index (χ1v) is 7.17. The molecule has 0 fully saturated rings. The summed E-state index contributed by atoms with van der Waals surface area (Å²) in [5.74, 6) is -1.21. The van der Waals surface area contributed by atoms with Crippen molar-refractivity contribution in [1.29, 1.82) is 0 Å². The highest BCUT2D eigenvalue weighted by Gasteiger charge is 2.22. The number of hydrogen-bond acceptors (Lipinski definition) is 2. The largest absolute Gasteiger partial charge is 0.319 e. The molecule has 108 valence electrons. The Morgan fingerprint density at radius 3 is 2.70 bits per heavy atom. The maximum atomic E-state index is 14.0. The molecule has 0 bridgehead atoms. The normalized spacial score (nSPS) is 12.7. The van der Waals surface area contributed by atoms with E-state index in [1.54, 1.807) is 17.8 Å². The lowest BCUT2D eigenvalue weighted by Crippen LogP contribution is -2.19. The van der Waals surface area contributed by atoms with Crippen LogP contribution in [0.5, 0.6) is 0 Å². The second-order valence-corrected chi connectivity index (χ2v) is 5.56. The fourth-order valence-corrected chi connectivity index (χ4v) is 2.68. The van der Waals surface area contributed by atoms with Gasteiger partial charge in [0, 0.05) is 18.2 Å². The smallest absolute Gasteiger partial charge is 0.131 e. The lowest BCUT2D eigenvalue weighted by Gasteiger charge is -2.17. The molecule has 2 N–H and O–H groups in total. The van der Waals surface area contributed by atoms with Crippen molar-refractivity contribution in [3.8, 4) is 0 Å². The van der Waals surface area contributed by atoms with Crippen LogP contribution >= 0.6 is 15.9 Å². The Morgan fingerprint density at radius 2 is 2.05 bits per heavy atom. The Morgan fingerprint density at radius 1 is 1.35 bits per heavy atom. The number of aryl methyl sites for hydroxylation is 2. The number of rotatable bonds is 4. The number of benzene rings is 1. The third-order valence-electron chi connectivity index (χ3n) is 3.18. The van der Waals surface area contributed by atoms with Crippen molar-refractivity contribution in [2.24, 2.45) is 5.73 Å². The van der Waals surface area contributed by atoms with Crippen LogP contribution in [0.25, 0.3) is 0 Å². The van der Waals surface area contributed by atoms with Gasteiger partial charge in [0.2, 0.25) is 0 Å². The highest BCUT2D eigenvalue weighted by molar-refractivity contribution is 9.10. The van der Waals surface area contributed by atoms with Crippen LogP contribution in [0.15, 0.2) is 22.8 Å². The van der Waals surface area contributed by atoms with Crippen molar-refractivity contribution in [1.82, 2.24) is 9.78 Å². The van der Waals surface area contributed by atoms with Gasteiger partial charge in [0.25, 0.3) is 0 Å². The molecule has 20 heavy (non-hydrogen) atoms. The van der Waals surface area contributed by atoms with Gasteiger partial charge in [-0.1, -0.05) is 6.92 Å². The topological polar surface area (TPSA) is 43.8 Å². The molecule has 1 unspecified atom stereocenters. The van der Waals surface area contributed by atoms with E-state index in [2.05, 4.69) is 21.0 Å². The van der Waals surface area contributed by atoms with Crippen LogP contribution in [0.3, 0.4) is 0 Å². The van der Waals surface area contributed by atoms with E-state index < -0.39 is 17.7 Å². The van der Waals surface area contributed by atoms with Crippen molar-refractivity contribution in [2.75, 3.05) is 0 Å². The highest BCUT2D eigenvalue weighted by Crippen LogP contribution is 2.29. The van der Waals surface area contributed by atoms with E-state index in [0.717, 1.165) is 17.0 Å². The first kappa shape index (κ1) is 15.1. The summed E-state index contributed by atoms with van der Waals surface area (Å²) in [6.45, 7) is 4.30. The molecule has 0 aliphatic rings. The molecule has 0 saturated heterocycles. The van der Waals surface area contributed by atoms with E-state index in [1.165, 1.54) is 6.07 Å². The molecule has 0 radical (unpaired) electrons. The number of halogens is 3. The minimum atomic E-state index is -0.697. The summed E-state index contributed by atoms with van der Waals surface area (Å²) < 4.78 is 29.8. The predicted octanol–water partition coefficient (Wildman–Crippen LogP) is 3.69. The van der Waals surface area contributed by atoms with E-state index in [0.29, 0.717) is 17.8 Å². The van der Waals surface area contributed by atoms with Crippen LogP contribution in [0, 0.1) is 18.6 Å². The number of aromatic nitrogens is 2. The van der Waals surface area contributed by atoms with Crippen LogP contribution < -0.4 is 5.73 Å². The maximum absolute atomic E-state index is 14.0. The lowest BCUT2D eigenvalue weighted by atomic mass is 10.0. The minimum Gasteiger partial charge on any atom is -0.319 e. The fourth-order valence-electron chi connectivity index (χ4n) is 2.14. The molecule has 1 aromatic heterocycles. The average Bonchev–Trinajstić information content (AvgIpc) is 2.75. The van der Waals surface area contributed by atoms with Crippen molar-refractivity contribution in [2.45, 2.75) is 32.9 Å². The van der Waals surface area contributed by atoms with Crippen molar-refractivity contribution >= 4 is 15.9 Å². The highest BCUT2D eigenvalue weighted by atomic mass is 79.9. The zero-order valence-corrected chi connectivity index (χ0v) is 12.9. The summed E-state index contributed by atoms with van der Waals surface area (Å²) in [6.07, 6.45) is 2.53. The van der Waals surface area contributed by atoms with Gasteiger partial charge in [0.15, 0.2) is 0 Å². The lowest BCUT2D eigenvalue weighted by molar-refractivity contribution is 0.534. The zero-order valence-electron chi connectivity index (χ0n) is 11.3. The van der Waals surface area contributed by atoms with Gasteiger partial charge in [-0.3, -0.25) is 4.68 Å². The molecule has 0 aliphatic carbocycles. The van der Waals surface area contributed by atoms with E-state index in [-0.39, 0.29) is 5.56 Å². The standard InChI is InChI=1S/C14H16BrF2N3/c1-3-4-20-14(10(15)7-19-20)13(18)9-5-8(2)11(16)6-12(9)17/h5-7,13H,3-4,18H2,1-2H3. The Kier molecular flexibility index (Phi) is 4.55. The van der Waals surface area contributed by atoms with E-state index >= 15 is 0 Å². The predicted molar refractivity (Wildman–Crippen MR) is 77.3 cm³/mol. The molecule has 0 saturated carbocycles. The Bertz CT molecular complexity index is 625. The summed E-state index contributed by atoms with van der Waals surface area (Å²) in [5.41, 5.74) is 7.49. The summed E-state index contributed by atoms with van der Waals surface area (Å²) >= 11 is 3.38. The number of nitrogens with two attached hydrogens (primary N) is 1. The maximum Gasteiger partial charge on any atom is 0.131 e. The van der Waals surface area contributed by atoms with Gasteiger partial charge in [0.05, 0.1) is 22.4 Å². The molecule has 0 spiro atoms. The third-order valence-corrected chi connectivity index (χ3v) is 3.79. The van der Waals surface area contributed by atoms with E-state index in [9.17, 15) is 8.78 Å². The summed E-state index contributed by atoms with van der Waals surface area (Å²) in [7, 11) is 0. The molecule has 0 amide bonds. The van der Waals surface area contributed by atoms with Crippen LogP contribution in [-0.4, -0.2) is 9.78 Å². The average molecular weight is 344 g/mol. The SMILES string of the molecule is CCCn1ncc(Br)c1C(N)c1cc(C)c(F)cc1F. The van der Waals surface area contributed by atoms with Gasteiger partial charge in [-0.05, 0) is 40.9 Å². The first-order valence-electron chi connectivity index (χ1n) is 6.38. The van der Waals surface area contributed by atoms with Gasteiger partial charge < -0.3 is 5.73 Å². The first-order chi connectivity index (χ1) is 9.45. The Balaban J connectivity index is 2.48. The summed E-state index contributed by atoms with van der Waals surface area (Å²) in [5, 5.41) is 4.21. The quantitative estimate of drug-likeness (QED) is 0.919. The third kappa shape index (κ3) is 2.76. The molecular weight excluding hydrogens is 328 g/mol. The molecular formula is C14H16BrF2N3. The monoisotopic (exact) mass is 343 g/mol. The molecule has 0 aliphatic heterocycles. The summed E-state index contributed by atoms with van der Waals surface area (Å²) in [6, 6.07) is 1.63. The number of hydrogen-bond donors (Lipinski definition) is 1. The van der Waals surface area contributed by atoms with E-state index in [4.69, 9.17) is 5.73 Å². The van der Waals surface area contributed by atoms with Crippen LogP contribution in [0.4, 0.5) is 8.78 Å². The van der Waals surface area contributed by atoms with Gasteiger partial charge in [-0.25, -0.2) is 8.78 Å². The van der Waals surface area contributed by atoms with Crippen LogP contribution in [-0.2, 0) is 6.54 Å². The van der Waals surface area contributed by atoms with E-state index in [1.807, 2.05) is 6.92 Å². The van der Waals surface area contributed by atoms with Gasteiger partial charge >= 0.3 is 0 Å². The molecule has 1 heterocycles. The molecule has 3 nitrogen and oxygen atoms in total. The molecule has 1 aromatic carbocycles. The summed E-state index contributed by atoms with van der Waals surface area (Å²) in [4.78, 5) is 0. The van der Waals surface area contributed by atoms with Crippen molar-refractivity contribution in [3.05, 3.63) is 51.3 Å². The second-order valence-electron chi connectivity index (χ2n) is 4.70. The molecule has 2 rings (SSSR count). The minimum absolute atomic E-state index is 0.266. The van der Waals surface area contributed by atoms with Crippen LogP contribution in [0.1, 0.15) is 36.2 Å². The second kappa shape index (κ2) is 6.01. The van der Waals surface area contributed by atoms with Crippen molar-refractivity contribution < 1.29 is 8.78 Å². The molecule has 1 atom stereocenters. The Labute approximate surface area is 124 Å². The van der Waals surface area contributed by atoms with Gasteiger partial charge in [0.1, 0.15) is 11.6 Å². The molecule has 2 aromatic rings. The zero-order chi connectivity index (χ0) is 14.9. The van der Waals surface area contributed by atoms with Gasteiger partial charge in [-0.2, -0.15) is 5.10 Å². The Hall–Kier alpha value is -1.27. The van der Waals surface area contributed by atoms with Crippen molar-refractivity contribution in [3.63, 3.8) is 0 Å². The van der Waals surface area contributed by atoms with Gasteiger partial charge in [-0.15, -0.1) is 0 Å². The number of nitrogens with zero attached hydrogens (tertiary/aromatic N) is 2. The van der Waals surface area contributed by atoms with Crippen LogP contribution in [0.2, 0.25) is 0 Å². The fraction of sp³-hybridized carbons (Fsp3) is 0.357. The molecule has 6 heteroatoms.